The minimum atomic E-state index is -0.841. The molecule has 0 bridgehead atoms. The van der Waals surface area contributed by atoms with Crippen molar-refractivity contribution >= 4 is 11.9 Å². The Hall–Kier alpha value is -1.10. The number of carboxylic acids is 1. The first-order chi connectivity index (χ1) is 8.60. The summed E-state index contributed by atoms with van der Waals surface area (Å²) in [6.45, 7) is 6.62. The highest BCUT2D eigenvalue weighted by molar-refractivity contribution is 5.86. The Morgan fingerprint density at radius 1 is 1.39 bits per heavy atom. The highest BCUT2D eigenvalue weighted by atomic mass is 16.4. The van der Waals surface area contributed by atoms with E-state index in [0.717, 1.165) is 39.0 Å². The van der Waals surface area contributed by atoms with E-state index < -0.39 is 11.9 Å². The van der Waals surface area contributed by atoms with Crippen molar-refractivity contribution in [2.75, 3.05) is 32.7 Å². The average Bonchev–Trinajstić information content (AvgIpc) is 2.72. The molecule has 2 saturated heterocycles. The molecular weight excluding hydrogens is 232 g/mol. The van der Waals surface area contributed by atoms with Gasteiger partial charge in [-0.25, -0.2) is 0 Å². The van der Waals surface area contributed by atoms with Gasteiger partial charge in [-0.1, -0.05) is 6.92 Å². The summed E-state index contributed by atoms with van der Waals surface area (Å²) in [7, 11) is 0. The van der Waals surface area contributed by atoms with Gasteiger partial charge in [0.2, 0.25) is 5.91 Å². The minimum absolute atomic E-state index is 0.0142. The summed E-state index contributed by atoms with van der Waals surface area (Å²) in [6.07, 6.45) is 2.42. The first kappa shape index (κ1) is 13.3. The Balaban J connectivity index is 1.80. The van der Waals surface area contributed by atoms with Crippen LogP contribution in [0.5, 0.6) is 0 Å². The molecule has 102 valence electrons. The Kier molecular flexibility index (Phi) is 4.22. The number of piperidine rings is 1. The van der Waals surface area contributed by atoms with Crippen molar-refractivity contribution in [2.45, 2.75) is 26.2 Å². The number of rotatable bonds is 4. The van der Waals surface area contributed by atoms with E-state index in [-0.39, 0.29) is 12.3 Å². The molecule has 1 amide bonds. The lowest BCUT2D eigenvalue weighted by atomic mass is 9.96. The van der Waals surface area contributed by atoms with E-state index in [2.05, 4.69) is 11.8 Å². The lowest BCUT2D eigenvalue weighted by Gasteiger charge is -2.33. The predicted molar refractivity (Wildman–Crippen MR) is 67.2 cm³/mol. The van der Waals surface area contributed by atoms with Gasteiger partial charge < -0.3 is 14.9 Å². The second-order valence-corrected chi connectivity index (χ2v) is 5.42. The molecule has 1 N–H and O–H groups in total. The molecule has 2 rings (SSSR count). The molecule has 0 aromatic carbocycles. The van der Waals surface area contributed by atoms with Crippen LogP contribution in [0.25, 0.3) is 0 Å². The van der Waals surface area contributed by atoms with Crippen LogP contribution in [-0.4, -0.2) is 59.5 Å². The SMILES string of the molecule is CCN1CCC(CN2CC(C(=O)O)CC2=O)CC1. The summed E-state index contributed by atoms with van der Waals surface area (Å²) in [6, 6.07) is 0. The second kappa shape index (κ2) is 5.69. The van der Waals surface area contributed by atoms with Crippen molar-refractivity contribution in [1.82, 2.24) is 9.80 Å². The molecule has 18 heavy (non-hydrogen) atoms. The van der Waals surface area contributed by atoms with Crippen LogP contribution >= 0.6 is 0 Å². The van der Waals surface area contributed by atoms with Crippen molar-refractivity contribution < 1.29 is 14.7 Å². The quantitative estimate of drug-likeness (QED) is 0.800. The van der Waals surface area contributed by atoms with Gasteiger partial charge in [0.05, 0.1) is 5.92 Å². The van der Waals surface area contributed by atoms with Crippen LogP contribution in [0.3, 0.4) is 0 Å². The van der Waals surface area contributed by atoms with Crippen molar-refractivity contribution in [3.8, 4) is 0 Å². The van der Waals surface area contributed by atoms with Gasteiger partial charge in [0, 0.05) is 19.5 Å². The number of hydrogen-bond acceptors (Lipinski definition) is 3. The third-order valence-electron chi connectivity index (χ3n) is 4.20. The lowest BCUT2D eigenvalue weighted by molar-refractivity contribution is -0.141. The molecule has 0 spiro atoms. The molecule has 5 heteroatoms. The summed E-state index contributed by atoms with van der Waals surface area (Å²) >= 11 is 0. The number of aliphatic carboxylic acids is 1. The van der Waals surface area contributed by atoms with E-state index in [1.54, 1.807) is 4.90 Å². The maximum Gasteiger partial charge on any atom is 0.308 e. The number of hydrogen-bond donors (Lipinski definition) is 1. The molecule has 0 saturated carbocycles. The Morgan fingerprint density at radius 2 is 2.06 bits per heavy atom. The maximum absolute atomic E-state index is 11.7. The molecule has 0 aliphatic carbocycles. The highest BCUT2D eigenvalue weighted by Gasteiger charge is 2.35. The first-order valence-corrected chi connectivity index (χ1v) is 6.83. The zero-order chi connectivity index (χ0) is 13.1. The van der Waals surface area contributed by atoms with Gasteiger partial charge in [0.15, 0.2) is 0 Å². The third-order valence-corrected chi connectivity index (χ3v) is 4.20. The van der Waals surface area contributed by atoms with Gasteiger partial charge in [-0.3, -0.25) is 9.59 Å². The van der Waals surface area contributed by atoms with Crippen LogP contribution in [0, 0.1) is 11.8 Å². The Morgan fingerprint density at radius 3 is 2.56 bits per heavy atom. The standard InChI is InChI=1S/C13H22N2O3/c1-2-14-5-3-10(4-6-14)8-15-9-11(13(17)18)7-12(15)16/h10-11H,2-9H2,1H3,(H,17,18). The van der Waals surface area contributed by atoms with Crippen LogP contribution in [0.15, 0.2) is 0 Å². The summed E-state index contributed by atoms with van der Waals surface area (Å²) < 4.78 is 0. The monoisotopic (exact) mass is 254 g/mol. The van der Waals surface area contributed by atoms with E-state index in [0.29, 0.717) is 12.5 Å². The fourth-order valence-corrected chi connectivity index (χ4v) is 2.91. The molecular formula is C13H22N2O3. The molecule has 2 aliphatic heterocycles. The minimum Gasteiger partial charge on any atom is -0.481 e. The summed E-state index contributed by atoms with van der Waals surface area (Å²) in [5.74, 6) is -0.774. The second-order valence-electron chi connectivity index (χ2n) is 5.42. The fraction of sp³-hybridized carbons (Fsp3) is 0.846. The summed E-state index contributed by atoms with van der Waals surface area (Å²) in [5.41, 5.74) is 0. The van der Waals surface area contributed by atoms with Gasteiger partial charge in [-0.2, -0.15) is 0 Å². The van der Waals surface area contributed by atoms with Gasteiger partial charge >= 0.3 is 5.97 Å². The van der Waals surface area contributed by atoms with E-state index >= 15 is 0 Å². The van der Waals surface area contributed by atoms with Gasteiger partial charge in [-0.05, 0) is 38.4 Å². The van der Waals surface area contributed by atoms with E-state index in [4.69, 9.17) is 5.11 Å². The third kappa shape index (κ3) is 3.02. The number of likely N-dealkylation sites (tertiary alicyclic amines) is 2. The van der Waals surface area contributed by atoms with Crippen LogP contribution < -0.4 is 0 Å². The molecule has 0 radical (unpaired) electrons. The molecule has 5 nitrogen and oxygen atoms in total. The Labute approximate surface area is 108 Å². The normalized spacial score (nSPS) is 26.8. The van der Waals surface area contributed by atoms with Gasteiger partial charge in [0.25, 0.3) is 0 Å². The van der Waals surface area contributed by atoms with Gasteiger partial charge in [-0.15, -0.1) is 0 Å². The first-order valence-electron chi connectivity index (χ1n) is 6.83. The van der Waals surface area contributed by atoms with E-state index in [1.165, 1.54) is 0 Å². The molecule has 2 fully saturated rings. The van der Waals surface area contributed by atoms with Crippen molar-refractivity contribution in [2.24, 2.45) is 11.8 Å². The van der Waals surface area contributed by atoms with Crippen molar-refractivity contribution in [3.63, 3.8) is 0 Å². The molecule has 0 aromatic heterocycles. The van der Waals surface area contributed by atoms with E-state index in [1.807, 2.05) is 0 Å². The number of carbonyl (C=O) groups is 2. The number of nitrogens with zero attached hydrogens (tertiary/aromatic N) is 2. The van der Waals surface area contributed by atoms with Crippen LogP contribution in [0.4, 0.5) is 0 Å². The smallest absolute Gasteiger partial charge is 0.308 e. The zero-order valence-electron chi connectivity index (χ0n) is 11.0. The molecule has 2 heterocycles. The number of amides is 1. The fourth-order valence-electron chi connectivity index (χ4n) is 2.91. The van der Waals surface area contributed by atoms with E-state index in [9.17, 15) is 9.59 Å². The molecule has 0 aromatic rings. The molecule has 2 aliphatic rings. The largest absolute Gasteiger partial charge is 0.481 e. The highest BCUT2D eigenvalue weighted by Crippen LogP contribution is 2.23. The number of carbonyl (C=O) groups excluding carboxylic acids is 1. The lowest BCUT2D eigenvalue weighted by Crippen LogP contribution is -2.39. The van der Waals surface area contributed by atoms with Gasteiger partial charge in [0.1, 0.15) is 0 Å². The zero-order valence-corrected chi connectivity index (χ0v) is 11.0. The van der Waals surface area contributed by atoms with Crippen molar-refractivity contribution in [1.29, 1.82) is 0 Å². The predicted octanol–water partition coefficient (Wildman–Crippen LogP) is 0.651. The van der Waals surface area contributed by atoms with Crippen LogP contribution in [-0.2, 0) is 9.59 Å². The van der Waals surface area contributed by atoms with Crippen LogP contribution in [0.2, 0.25) is 0 Å². The maximum atomic E-state index is 11.7. The summed E-state index contributed by atoms with van der Waals surface area (Å²) in [4.78, 5) is 26.8. The summed E-state index contributed by atoms with van der Waals surface area (Å²) in [5, 5.41) is 8.94. The Bertz CT molecular complexity index is 324. The average molecular weight is 254 g/mol. The topological polar surface area (TPSA) is 60.9 Å². The number of carboxylic acid groups (broad SMARTS) is 1. The molecule has 1 unspecified atom stereocenters. The van der Waals surface area contributed by atoms with Crippen LogP contribution in [0.1, 0.15) is 26.2 Å². The van der Waals surface area contributed by atoms with Crippen molar-refractivity contribution in [3.05, 3.63) is 0 Å². The molecule has 1 atom stereocenters.